The summed E-state index contributed by atoms with van der Waals surface area (Å²) in [5, 5.41) is 0. The number of carbonyl (C=O) groups is 1. The molecule has 164 valence electrons. The lowest BCUT2D eigenvalue weighted by molar-refractivity contribution is 0.132. The number of pyridine rings is 1. The van der Waals surface area contributed by atoms with Crippen LogP contribution in [0.4, 0.5) is 10.5 Å². The van der Waals surface area contributed by atoms with Crippen LogP contribution in [0.2, 0.25) is 0 Å². The van der Waals surface area contributed by atoms with Crippen molar-refractivity contribution in [2.45, 2.75) is 19.2 Å². The highest BCUT2D eigenvalue weighted by atomic mass is 16.6. The average Bonchev–Trinajstić information content (AvgIpc) is 3.21. The van der Waals surface area contributed by atoms with Crippen LogP contribution in [0.1, 0.15) is 22.8 Å². The molecule has 2 fully saturated rings. The Morgan fingerprint density at radius 1 is 0.812 bits per heavy atom. The van der Waals surface area contributed by atoms with Gasteiger partial charge in [-0.1, -0.05) is 42.5 Å². The summed E-state index contributed by atoms with van der Waals surface area (Å²) in [5.74, 6) is 0. The third-order valence-electron chi connectivity index (χ3n) is 6.26. The number of cyclic esters (lactones) is 1. The molecule has 3 aromatic rings. The first kappa shape index (κ1) is 20.5. The van der Waals surface area contributed by atoms with Crippen LogP contribution in [0.15, 0.2) is 79.1 Å². The SMILES string of the molecule is O=C1O[C@H](c2ccccc2)CN1Cc1ccc(N2CCN(Cc3ccncc3)CC2)cc1. The molecule has 2 saturated heterocycles. The van der Waals surface area contributed by atoms with Crippen molar-refractivity contribution < 1.29 is 9.53 Å². The summed E-state index contributed by atoms with van der Waals surface area (Å²) in [7, 11) is 0. The van der Waals surface area contributed by atoms with E-state index in [4.69, 9.17) is 4.74 Å². The van der Waals surface area contributed by atoms with E-state index >= 15 is 0 Å². The molecule has 2 aliphatic rings. The Kier molecular flexibility index (Phi) is 6.03. The molecule has 3 heterocycles. The first-order chi connectivity index (χ1) is 15.7. The Morgan fingerprint density at radius 3 is 2.22 bits per heavy atom. The molecule has 32 heavy (non-hydrogen) atoms. The van der Waals surface area contributed by atoms with Crippen molar-refractivity contribution in [3.05, 3.63) is 95.8 Å². The smallest absolute Gasteiger partial charge is 0.410 e. The maximum Gasteiger partial charge on any atom is 0.410 e. The number of carbonyl (C=O) groups excluding carboxylic acids is 1. The second-order valence-electron chi connectivity index (χ2n) is 8.45. The van der Waals surface area contributed by atoms with Crippen molar-refractivity contribution in [3.8, 4) is 0 Å². The summed E-state index contributed by atoms with van der Waals surface area (Å²) >= 11 is 0. The highest BCUT2D eigenvalue weighted by Crippen LogP contribution is 2.27. The van der Waals surface area contributed by atoms with Gasteiger partial charge in [-0.2, -0.15) is 0 Å². The fourth-order valence-corrected chi connectivity index (χ4v) is 4.42. The average molecular weight is 429 g/mol. The van der Waals surface area contributed by atoms with Crippen LogP contribution in [0.25, 0.3) is 0 Å². The Morgan fingerprint density at radius 2 is 1.50 bits per heavy atom. The van der Waals surface area contributed by atoms with E-state index in [1.165, 1.54) is 11.3 Å². The van der Waals surface area contributed by atoms with Crippen molar-refractivity contribution in [2.75, 3.05) is 37.6 Å². The minimum Gasteiger partial charge on any atom is -0.439 e. The van der Waals surface area contributed by atoms with Gasteiger partial charge in [-0.3, -0.25) is 14.8 Å². The third-order valence-corrected chi connectivity index (χ3v) is 6.26. The molecule has 1 aromatic heterocycles. The molecule has 2 aliphatic heterocycles. The summed E-state index contributed by atoms with van der Waals surface area (Å²) < 4.78 is 5.57. The molecule has 0 aliphatic carbocycles. The first-order valence-electron chi connectivity index (χ1n) is 11.2. The fourth-order valence-electron chi connectivity index (χ4n) is 4.42. The number of amides is 1. The topological polar surface area (TPSA) is 48.9 Å². The summed E-state index contributed by atoms with van der Waals surface area (Å²) in [6, 6.07) is 22.7. The van der Waals surface area contributed by atoms with E-state index in [1.807, 2.05) is 42.7 Å². The van der Waals surface area contributed by atoms with Crippen molar-refractivity contribution >= 4 is 11.8 Å². The fraction of sp³-hybridized carbons (Fsp3) is 0.308. The molecular weight excluding hydrogens is 400 g/mol. The quantitative estimate of drug-likeness (QED) is 0.592. The van der Waals surface area contributed by atoms with Gasteiger partial charge in [0, 0.05) is 57.3 Å². The Balaban J connectivity index is 1.14. The van der Waals surface area contributed by atoms with Crippen molar-refractivity contribution in [3.63, 3.8) is 0 Å². The molecule has 1 amide bonds. The van der Waals surface area contributed by atoms with Crippen LogP contribution < -0.4 is 4.90 Å². The molecule has 0 saturated carbocycles. The van der Waals surface area contributed by atoms with Crippen molar-refractivity contribution in [1.82, 2.24) is 14.8 Å². The minimum absolute atomic E-state index is 0.189. The van der Waals surface area contributed by atoms with Gasteiger partial charge in [0.05, 0.1) is 6.54 Å². The van der Waals surface area contributed by atoms with E-state index in [0.717, 1.165) is 43.9 Å². The number of hydrogen-bond acceptors (Lipinski definition) is 5. The standard InChI is InChI=1S/C26H28N4O2/c31-26-30(20-25(32-26)23-4-2-1-3-5-23)19-21-6-8-24(9-7-21)29-16-14-28(15-17-29)18-22-10-12-27-13-11-22/h1-13,25H,14-20H2/t25-/m0/s1. The molecule has 6 nitrogen and oxygen atoms in total. The van der Waals surface area contributed by atoms with Crippen LogP contribution in [0, 0.1) is 0 Å². The summed E-state index contributed by atoms with van der Waals surface area (Å²) in [5.41, 5.74) is 4.72. The molecular formula is C26H28N4O2. The normalized spacial score (nSPS) is 19.2. The van der Waals surface area contributed by atoms with Gasteiger partial charge in [0.25, 0.3) is 0 Å². The van der Waals surface area contributed by atoms with Gasteiger partial charge in [-0.05, 0) is 41.0 Å². The number of anilines is 1. The predicted octanol–water partition coefficient (Wildman–Crippen LogP) is 4.10. The highest BCUT2D eigenvalue weighted by molar-refractivity contribution is 5.70. The van der Waals surface area contributed by atoms with Crippen LogP contribution in [-0.2, 0) is 17.8 Å². The zero-order valence-corrected chi connectivity index (χ0v) is 18.1. The van der Waals surface area contributed by atoms with Crippen molar-refractivity contribution in [2.24, 2.45) is 0 Å². The van der Waals surface area contributed by atoms with E-state index in [1.54, 1.807) is 4.90 Å². The van der Waals surface area contributed by atoms with Gasteiger partial charge in [0.1, 0.15) is 6.10 Å². The maximum atomic E-state index is 12.3. The van der Waals surface area contributed by atoms with Crippen LogP contribution in [-0.4, -0.2) is 53.6 Å². The van der Waals surface area contributed by atoms with Crippen LogP contribution in [0.3, 0.4) is 0 Å². The van der Waals surface area contributed by atoms with Crippen LogP contribution in [0.5, 0.6) is 0 Å². The van der Waals surface area contributed by atoms with Gasteiger partial charge < -0.3 is 9.64 Å². The number of rotatable bonds is 6. The monoisotopic (exact) mass is 428 g/mol. The number of benzene rings is 2. The summed E-state index contributed by atoms with van der Waals surface area (Å²) in [4.78, 5) is 23.1. The second-order valence-corrected chi connectivity index (χ2v) is 8.45. The Labute approximate surface area is 189 Å². The van der Waals surface area contributed by atoms with Crippen LogP contribution >= 0.6 is 0 Å². The summed E-state index contributed by atoms with van der Waals surface area (Å²) in [6.07, 6.45) is 3.29. The number of ether oxygens (including phenoxy) is 1. The van der Waals surface area contributed by atoms with Gasteiger partial charge >= 0.3 is 6.09 Å². The van der Waals surface area contributed by atoms with Crippen molar-refractivity contribution in [1.29, 1.82) is 0 Å². The zero-order valence-electron chi connectivity index (χ0n) is 18.1. The predicted molar refractivity (Wildman–Crippen MR) is 124 cm³/mol. The zero-order chi connectivity index (χ0) is 21.8. The lowest BCUT2D eigenvalue weighted by atomic mass is 10.1. The molecule has 0 unspecified atom stereocenters. The molecule has 2 aromatic carbocycles. The molecule has 6 heteroatoms. The number of nitrogens with zero attached hydrogens (tertiary/aromatic N) is 4. The maximum absolute atomic E-state index is 12.3. The molecule has 0 bridgehead atoms. The molecule has 0 spiro atoms. The third kappa shape index (κ3) is 4.75. The Hall–Kier alpha value is -3.38. The van der Waals surface area contributed by atoms with E-state index < -0.39 is 0 Å². The summed E-state index contributed by atoms with van der Waals surface area (Å²) in [6.45, 7) is 6.26. The number of hydrogen-bond donors (Lipinski definition) is 0. The molecule has 0 N–H and O–H groups in total. The number of aromatic nitrogens is 1. The highest BCUT2D eigenvalue weighted by Gasteiger charge is 2.32. The van der Waals surface area contributed by atoms with E-state index in [9.17, 15) is 4.79 Å². The van der Waals surface area contributed by atoms with Gasteiger partial charge in [0.2, 0.25) is 0 Å². The second kappa shape index (κ2) is 9.40. The largest absolute Gasteiger partial charge is 0.439 e. The molecule has 1 atom stereocenters. The molecule has 0 radical (unpaired) electrons. The Bertz CT molecular complexity index is 1020. The van der Waals surface area contributed by atoms with Gasteiger partial charge in [0.15, 0.2) is 0 Å². The first-order valence-corrected chi connectivity index (χ1v) is 11.2. The lowest BCUT2D eigenvalue weighted by Crippen LogP contribution is -2.45. The lowest BCUT2D eigenvalue weighted by Gasteiger charge is -2.36. The number of piperazine rings is 1. The van der Waals surface area contributed by atoms with E-state index in [2.05, 4.69) is 51.2 Å². The van der Waals surface area contributed by atoms with E-state index in [0.29, 0.717) is 13.1 Å². The minimum atomic E-state index is -0.242. The van der Waals surface area contributed by atoms with E-state index in [-0.39, 0.29) is 12.2 Å². The van der Waals surface area contributed by atoms with Gasteiger partial charge in [-0.15, -0.1) is 0 Å². The van der Waals surface area contributed by atoms with Gasteiger partial charge in [-0.25, -0.2) is 4.79 Å². The molecule has 5 rings (SSSR count).